The van der Waals surface area contributed by atoms with Crippen molar-refractivity contribution in [1.82, 2.24) is 0 Å². The molecule has 0 amide bonds. The van der Waals surface area contributed by atoms with E-state index in [2.05, 4.69) is 154 Å². The molecule has 0 radical (unpaired) electrons. The van der Waals surface area contributed by atoms with Crippen molar-refractivity contribution in [2.24, 2.45) is 0 Å². The summed E-state index contributed by atoms with van der Waals surface area (Å²) in [5.74, 6) is -0.992. The van der Waals surface area contributed by atoms with Gasteiger partial charge in [0.25, 0.3) is 0 Å². The van der Waals surface area contributed by atoms with E-state index in [9.17, 15) is 14.4 Å². The summed E-state index contributed by atoms with van der Waals surface area (Å²) in [6.45, 7) is 6.32. The molecule has 0 aliphatic rings. The molecule has 6 heteroatoms. The standard InChI is InChI=1S/C63H100O6/c1-4-7-10-13-16-19-22-25-27-29-31-33-35-38-41-44-47-50-53-56-62(65)68-59-60(58-67-61(64)55-52-49-46-43-40-37-24-21-18-15-12-9-6-3)69-63(66)57-54-51-48-45-42-39-36-34-32-30-28-26-23-20-17-14-11-8-5-2/h7-8,10-11,16-17,19-21,24-28,31-34,38-39,41-42,60H,4-6,9,12-15,18,22-23,29-30,35-37,40,43-59H2,1-3H3/b10-7-,11-8-,19-16-,20-17-,24-21-,27-25-,28-26-,33-31-,34-32-,41-38-,42-39-/t60-/m1/s1. The largest absolute Gasteiger partial charge is 0.462 e. The average Bonchev–Trinajstić information content (AvgIpc) is 3.35. The second kappa shape index (κ2) is 56.1. The summed E-state index contributed by atoms with van der Waals surface area (Å²) in [7, 11) is 0. The lowest BCUT2D eigenvalue weighted by Crippen LogP contribution is -2.30. The summed E-state index contributed by atoms with van der Waals surface area (Å²) in [4.78, 5) is 38.1. The fourth-order valence-electron chi connectivity index (χ4n) is 7.02. The summed E-state index contributed by atoms with van der Waals surface area (Å²) >= 11 is 0. The number of rotatable bonds is 48. The molecule has 0 N–H and O–H groups in total. The highest BCUT2D eigenvalue weighted by atomic mass is 16.6. The van der Waals surface area contributed by atoms with Gasteiger partial charge in [0, 0.05) is 19.3 Å². The second-order valence-corrected chi connectivity index (χ2v) is 17.7. The predicted molar refractivity (Wildman–Crippen MR) is 297 cm³/mol. The van der Waals surface area contributed by atoms with Crippen LogP contribution in [-0.2, 0) is 28.6 Å². The maximum atomic E-state index is 12.8. The molecule has 0 rings (SSSR count). The molecule has 0 aromatic carbocycles. The zero-order chi connectivity index (χ0) is 50.0. The van der Waals surface area contributed by atoms with Gasteiger partial charge in [-0.1, -0.05) is 206 Å². The van der Waals surface area contributed by atoms with E-state index in [1.807, 2.05) is 0 Å². The summed E-state index contributed by atoms with van der Waals surface area (Å²) in [5.41, 5.74) is 0. The van der Waals surface area contributed by atoms with E-state index in [4.69, 9.17) is 14.2 Å². The van der Waals surface area contributed by atoms with E-state index >= 15 is 0 Å². The van der Waals surface area contributed by atoms with Crippen LogP contribution in [0.2, 0.25) is 0 Å². The van der Waals surface area contributed by atoms with E-state index in [-0.39, 0.29) is 37.5 Å². The van der Waals surface area contributed by atoms with E-state index < -0.39 is 6.10 Å². The Morgan fingerprint density at radius 3 is 0.913 bits per heavy atom. The molecule has 388 valence electrons. The lowest BCUT2D eigenvalue weighted by Gasteiger charge is -2.18. The van der Waals surface area contributed by atoms with Crippen LogP contribution in [0.1, 0.15) is 226 Å². The smallest absolute Gasteiger partial charge is 0.306 e. The molecule has 0 aliphatic heterocycles. The Labute approximate surface area is 424 Å². The summed E-state index contributed by atoms with van der Waals surface area (Å²) in [6.07, 6.45) is 78.6. The highest BCUT2D eigenvalue weighted by Gasteiger charge is 2.19. The Balaban J connectivity index is 4.54. The van der Waals surface area contributed by atoms with Gasteiger partial charge in [0.15, 0.2) is 6.10 Å². The quantitative estimate of drug-likeness (QED) is 0.0262. The van der Waals surface area contributed by atoms with Gasteiger partial charge in [-0.05, 0) is 135 Å². The van der Waals surface area contributed by atoms with Gasteiger partial charge in [-0.2, -0.15) is 0 Å². The minimum absolute atomic E-state index is 0.111. The van der Waals surface area contributed by atoms with Crippen LogP contribution in [0, 0.1) is 0 Å². The van der Waals surface area contributed by atoms with Crippen LogP contribution in [0.15, 0.2) is 134 Å². The van der Waals surface area contributed by atoms with Gasteiger partial charge < -0.3 is 14.2 Å². The number of carbonyl (C=O) groups excluding carboxylic acids is 3. The van der Waals surface area contributed by atoms with Gasteiger partial charge in [-0.15, -0.1) is 0 Å². The molecule has 0 aromatic rings. The molecule has 0 aromatic heterocycles. The van der Waals surface area contributed by atoms with Gasteiger partial charge >= 0.3 is 17.9 Å². The maximum Gasteiger partial charge on any atom is 0.306 e. The minimum atomic E-state index is -0.818. The normalized spacial score (nSPS) is 13.1. The Bertz CT molecular complexity index is 1510. The van der Waals surface area contributed by atoms with E-state index in [1.165, 1.54) is 38.5 Å². The molecule has 0 saturated carbocycles. The Morgan fingerprint density at radius 2 is 0.565 bits per heavy atom. The lowest BCUT2D eigenvalue weighted by atomic mass is 10.1. The Hall–Kier alpha value is -4.45. The molecular weight excluding hydrogens is 853 g/mol. The van der Waals surface area contributed by atoms with Crippen LogP contribution in [0.4, 0.5) is 0 Å². The Morgan fingerprint density at radius 1 is 0.304 bits per heavy atom. The topological polar surface area (TPSA) is 78.9 Å². The van der Waals surface area contributed by atoms with Crippen LogP contribution in [0.3, 0.4) is 0 Å². The molecule has 0 unspecified atom stereocenters. The van der Waals surface area contributed by atoms with E-state index in [1.54, 1.807) is 0 Å². The van der Waals surface area contributed by atoms with Crippen molar-refractivity contribution in [3.05, 3.63) is 134 Å². The molecule has 1 atom stereocenters. The van der Waals surface area contributed by atoms with Crippen LogP contribution in [0.25, 0.3) is 0 Å². The molecule has 0 fully saturated rings. The summed E-state index contributed by atoms with van der Waals surface area (Å²) < 4.78 is 16.8. The zero-order valence-electron chi connectivity index (χ0n) is 44.3. The number of carbonyl (C=O) groups is 3. The first-order chi connectivity index (χ1) is 34.0. The van der Waals surface area contributed by atoms with Crippen molar-refractivity contribution >= 4 is 17.9 Å². The number of unbranched alkanes of at least 4 members (excludes halogenated alkanes) is 15. The lowest BCUT2D eigenvalue weighted by molar-refractivity contribution is -0.167. The third kappa shape index (κ3) is 54.4. The van der Waals surface area contributed by atoms with Crippen LogP contribution >= 0.6 is 0 Å². The highest BCUT2D eigenvalue weighted by molar-refractivity contribution is 5.71. The molecular formula is C63H100O6. The van der Waals surface area contributed by atoms with Crippen molar-refractivity contribution in [2.45, 2.75) is 232 Å². The fourth-order valence-corrected chi connectivity index (χ4v) is 7.02. The molecule has 0 spiro atoms. The van der Waals surface area contributed by atoms with Crippen LogP contribution in [0.5, 0.6) is 0 Å². The number of hydrogen-bond donors (Lipinski definition) is 0. The molecule has 0 bridgehead atoms. The summed E-state index contributed by atoms with van der Waals surface area (Å²) in [6, 6.07) is 0. The van der Waals surface area contributed by atoms with Crippen molar-refractivity contribution in [1.29, 1.82) is 0 Å². The molecule has 0 heterocycles. The summed E-state index contributed by atoms with van der Waals surface area (Å²) in [5, 5.41) is 0. The number of ether oxygens (including phenoxy) is 3. The maximum absolute atomic E-state index is 12.8. The van der Waals surface area contributed by atoms with Crippen molar-refractivity contribution in [3.63, 3.8) is 0 Å². The van der Waals surface area contributed by atoms with Crippen LogP contribution in [-0.4, -0.2) is 37.2 Å². The van der Waals surface area contributed by atoms with Crippen molar-refractivity contribution in [3.8, 4) is 0 Å². The second-order valence-electron chi connectivity index (χ2n) is 17.7. The van der Waals surface area contributed by atoms with Gasteiger partial charge in [0.1, 0.15) is 13.2 Å². The Kier molecular flexibility index (Phi) is 52.5. The zero-order valence-corrected chi connectivity index (χ0v) is 44.3. The average molecular weight is 953 g/mol. The fraction of sp³-hybridized carbons (Fsp3) is 0.603. The first-order valence-electron chi connectivity index (χ1n) is 27.7. The highest BCUT2D eigenvalue weighted by Crippen LogP contribution is 2.12. The first-order valence-corrected chi connectivity index (χ1v) is 27.7. The number of allylic oxidation sites excluding steroid dienone is 22. The molecule has 69 heavy (non-hydrogen) atoms. The number of hydrogen-bond acceptors (Lipinski definition) is 6. The third-order valence-corrected chi connectivity index (χ3v) is 11.1. The van der Waals surface area contributed by atoms with Gasteiger partial charge in [0.2, 0.25) is 0 Å². The third-order valence-electron chi connectivity index (χ3n) is 11.1. The number of esters is 3. The first kappa shape index (κ1) is 64.5. The van der Waals surface area contributed by atoms with Crippen molar-refractivity contribution < 1.29 is 28.6 Å². The monoisotopic (exact) mass is 953 g/mol. The van der Waals surface area contributed by atoms with Crippen LogP contribution < -0.4 is 0 Å². The van der Waals surface area contributed by atoms with E-state index in [0.717, 1.165) is 141 Å². The van der Waals surface area contributed by atoms with Gasteiger partial charge in [-0.25, -0.2) is 0 Å². The van der Waals surface area contributed by atoms with E-state index in [0.29, 0.717) is 19.3 Å². The minimum Gasteiger partial charge on any atom is -0.462 e. The van der Waals surface area contributed by atoms with Crippen molar-refractivity contribution in [2.75, 3.05) is 13.2 Å². The SMILES string of the molecule is CC/C=C\C/C=C\C/C=C\C/C=C\C/C=C\CCCCCC(=O)OC[C@@H](COC(=O)CCCCCCC/C=C\CCCCCC)OC(=O)CCCCC/C=C\C/C=C\C/C=C\C/C=C\C/C=C\CC. The molecule has 6 nitrogen and oxygen atoms in total. The molecule has 0 aliphatic carbocycles. The van der Waals surface area contributed by atoms with Gasteiger partial charge in [0.05, 0.1) is 0 Å². The molecule has 0 saturated heterocycles. The van der Waals surface area contributed by atoms with Gasteiger partial charge in [-0.3, -0.25) is 14.4 Å². The predicted octanol–water partition coefficient (Wildman–Crippen LogP) is 18.6.